The Morgan fingerprint density at radius 1 is 1.26 bits per heavy atom. The van der Waals surface area contributed by atoms with Crippen LogP contribution in [0.15, 0.2) is 0 Å². The second-order valence-corrected chi connectivity index (χ2v) is 6.25. The molecule has 1 atom stereocenters. The van der Waals surface area contributed by atoms with Gasteiger partial charge in [-0.1, -0.05) is 0 Å². The van der Waals surface area contributed by atoms with E-state index in [-0.39, 0.29) is 25.0 Å². The molecule has 19 heavy (non-hydrogen) atoms. The zero-order valence-electron chi connectivity index (χ0n) is 11.0. The summed E-state index contributed by atoms with van der Waals surface area (Å²) < 4.78 is 5.52. The molecule has 0 aromatic carbocycles. The quantitative estimate of drug-likeness (QED) is 0.823. The number of nitrogens with zero attached hydrogens (tertiary/aromatic N) is 1. The van der Waals surface area contributed by atoms with Gasteiger partial charge in [-0.3, -0.25) is 9.59 Å². The Labute approximate surface area is 117 Å². The van der Waals surface area contributed by atoms with Crippen LogP contribution >= 0.6 is 11.8 Å². The first-order valence-corrected chi connectivity index (χ1v) is 8.02. The summed E-state index contributed by atoms with van der Waals surface area (Å²) in [5, 5.41) is 8.54. The van der Waals surface area contributed by atoms with E-state index in [4.69, 9.17) is 9.84 Å². The SMILES string of the molecule is O=C(O)CCOC1CCN(C(=O)C2CCSC2)CC1. The third kappa shape index (κ3) is 4.38. The molecular formula is C13H21NO4S. The van der Waals surface area contributed by atoms with Crippen molar-refractivity contribution in [1.29, 1.82) is 0 Å². The van der Waals surface area contributed by atoms with E-state index in [9.17, 15) is 9.59 Å². The largest absolute Gasteiger partial charge is 0.481 e. The average molecular weight is 287 g/mol. The molecule has 1 N–H and O–H groups in total. The van der Waals surface area contributed by atoms with Crippen molar-refractivity contribution in [3.8, 4) is 0 Å². The van der Waals surface area contributed by atoms with Crippen molar-refractivity contribution in [2.24, 2.45) is 5.92 Å². The minimum atomic E-state index is -0.827. The van der Waals surface area contributed by atoms with E-state index < -0.39 is 5.97 Å². The lowest BCUT2D eigenvalue weighted by molar-refractivity contribution is -0.139. The first-order valence-electron chi connectivity index (χ1n) is 6.86. The molecule has 1 amide bonds. The maximum Gasteiger partial charge on any atom is 0.305 e. The second kappa shape index (κ2) is 7.14. The van der Waals surface area contributed by atoms with Crippen molar-refractivity contribution in [3.63, 3.8) is 0 Å². The first kappa shape index (κ1) is 14.7. The Kier molecular flexibility index (Phi) is 5.51. The molecule has 2 fully saturated rings. The number of carboxylic acids is 1. The molecule has 5 nitrogen and oxygen atoms in total. The minimum Gasteiger partial charge on any atom is -0.481 e. The number of amides is 1. The highest BCUT2D eigenvalue weighted by molar-refractivity contribution is 7.99. The van der Waals surface area contributed by atoms with Crippen LogP contribution in [0.1, 0.15) is 25.7 Å². The van der Waals surface area contributed by atoms with Crippen LogP contribution in [0.3, 0.4) is 0 Å². The summed E-state index contributed by atoms with van der Waals surface area (Å²) in [5.41, 5.74) is 0. The van der Waals surface area contributed by atoms with E-state index in [2.05, 4.69) is 0 Å². The zero-order valence-corrected chi connectivity index (χ0v) is 11.9. The van der Waals surface area contributed by atoms with Crippen LogP contribution in [0.25, 0.3) is 0 Å². The summed E-state index contributed by atoms with van der Waals surface area (Å²) in [4.78, 5) is 24.6. The zero-order chi connectivity index (χ0) is 13.7. The third-order valence-electron chi connectivity index (χ3n) is 3.70. The van der Waals surface area contributed by atoms with E-state index >= 15 is 0 Å². The smallest absolute Gasteiger partial charge is 0.305 e. The average Bonchev–Trinajstić information content (AvgIpc) is 2.92. The first-order chi connectivity index (χ1) is 9.16. The van der Waals surface area contributed by atoms with Crippen molar-refractivity contribution >= 4 is 23.6 Å². The Hall–Kier alpha value is -0.750. The number of carbonyl (C=O) groups excluding carboxylic acids is 1. The lowest BCUT2D eigenvalue weighted by Crippen LogP contribution is -2.43. The van der Waals surface area contributed by atoms with Crippen molar-refractivity contribution < 1.29 is 19.4 Å². The molecule has 2 heterocycles. The number of aliphatic carboxylic acids is 1. The van der Waals surface area contributed by atoms with Gasteiger partial charge in [-0.25, -0.2) is 0 Å². The summed E-state index contributed by atoms with van der Waals surface area (Å²) in [6, 6.07) is 0. The van der Waals surface area contributed by atoms with Gasteiger partial charge >= 0.3 is 5.97 Å². The maximum absolute atomic E-state index is 12.2. The molecule has 0 radical (unpaired) electrons. The molecule has 0 bridgehead atoms. The summed E-state index contributed by atoms with van der Waals surface area (Å²) in [6.45, 7) is 1.77. The highest BCUT2D eigenvalue weighted by Gasteiger charge is 2.30. The fourth-order valence-corrected chi connectivity index (χ4v) is 3.75. The Balaban J connectivity index is 1.67. The predicted molar refractivity (Wildman–Crippen MR) is 73.2 cm³/mol. The molecular weight excluding hydrogens is 266 g/mol. The van der Waals surface area contributed by atoms with Crippen LogP contribution in [0, 0.1) is 5.92 Å². The number of carbonyl (C=O) groups is 2. The van der Waals surface area contributed by atoms with Gasteiger partial charge in [-0.15, -0.1) is 0 Å². The lowest BCUT2D eigenvalue weighted by atomic mass is 10.0. The van der Waals surface area contributed by atoms with Crippen LogP contribution in [0.5, 0.6) is 0 Å². The fourth-order valence-electron chi connectivity index (χ4n) is 2.54. The fraction of sp³-hybridized carbons (Fsp3) is 0.846. The molecule has 2 saturated heterocycles. The molecule has 0 saturated carbocycles. The van der Waals surface area contributed by atoms with Crippen molar-refractivity contribution in [2.45, 2.75) is 31.8 Å². The van der Waals surface area contributed by atoms with Gasteiger partial charge in [0.2, 0.25) is 5.91 Å². The number of rotatable bonds is 5. The van der Waals surface area contributed by atoms with Gasteiger partial charge in [-0.2, -0.15) is 11.8 Å². The van der Waals surface area contributed by atoms with E-state index in [0.29, 0.717) is 5.91 Å². The molecule has 2 aliphatic rings. The van der Waals surface area contributed by atoms with Gasteiger partial charge in [0.15, 0.2) is 0 Å². The Morgan fingerprint density at radius 3 is 2.58 bits per heavy atom. The van der Waals surface area contributed by atoms with E-state index in [1.165, 1.54) is 0 Å². The van der Waals surface area contributed by atoms with Crippen LogP contribution in [-0.4, -0.2) is 59.2 Å². The van der Waals surface area contributed by atoms with Gasteiger partial charge in [0.05, 0.1) is 19.1 Å². The molecule has 0 aromatic heterocycles. The van der Waals surface area contributed by atoms with Gasteiger partial charge in [-0.05, 0) is 25.0 Å². The van der Waals surface area contributed by atoms with Crippen LogP contribution in [0.2, 0.25) is 0 Å². The number of hydrogen-bond donors (Lipinski definition) is 1. The molecule has 0 aromatic rings. The Bertz CT molecular complexity index is 323. The third-order valence-corrected chi connectivity index (χ3v) is 4.86. The normalized spacial score (nSPS) is 24.6. The summed E-state index contributed by atoms with van der Waals surface area (Å²) >= 11 is 1.86. The van der Waals surface area contributed by atoms with Crippen molar-refractivity contribution in [1.82, 2.24) is 4.90 Å². The summed E-state index contributed by atoms with van der Waals surface area (Å²) in [6.07, 6.45) is 2.83. The van der Waals surface area contributed by atoms with Crippen LogP contribution in [-0.2, 0) is 14.3 Å². The number of carboxylic acid groups (broad SMARTS) is 1. The number of ether oxygens (including phenoxy) is 1. The highest BCUT2D eigenvalue weighted by Crippen LogP contribution is 2.26. The molecule has 0 aliphatic carbocycles. The molecule has 6 heteroatoms. The van der Waals surface area contributed by atoms with Crippen LogP contribution < -0.4 is 0 Å². The van der Waals surface area contributed by atoms with E-state index in [0.717, 1.165) is 43.9 Å². The molecule has 0 spiro atoms. The van der Waals surface area contributed by atoms with Gasteiger partial charge in [0.1, 0.15) is 0 Å². The number of piperidine rings is 1. The highest BCUT2D eigenvalue weighted by atomic mass is 32.2. The van der Waals surface area contributed by atoms with Crippen molar-refractivity contribution in [3.05, 3.63) is 0 Å². The standard InChI is InChI=1S/C13H21NO4S/c15-12(16)3-7-18-11-1-5-14(6-2-11)13(17)10-4-8-19-9-10/h10-11H,1-9H2,(H,15,16). The summed E-state index contributed by atoms with van der Waals surface area (Å²) in [7, 11) is 0. The Morgan fingerprint density at radius 2 is 2.00 bits per heavy atom. The van der Waals surface area contributed by atoms with Gasteiger partial charge in [0.25, 0.3) is 0 Å². The maximum atomic E-state index is 12.2. The van der Waals surface area contributed by atoms with Crippen molar-refractivity contribution in [2.75, 3.05) is 31.2 Å². The van der Waals surface area contributed by atoms with Gasteiger partial charge in [0, 0.05) is 24.8 Å². The number of likely N-dealkylation sites (tertiary alicyclic amines) is 1. The molecule has 108 valence electrons. The lowest BCUT2D eigenvalue weighted by Gasteiger charge is -2.33. The minimum absolute atomic E-state index is 0.0540. The molecule has 2 aliphatic heterocycles. The molecule has 1 unspecified atom stereocenters. The summed E-state index contributed by atoms with van der Waals surface area (Å²) in [5.74, 6) is 1.76. The monoisotopic (exact) mass is 287 g/mol. The molecule has 2 rings (SSSR count). The number of thioether (sulfide) groups is 1. The number of hydrogen-bond acceptors (Lipinski definition) is 4. The second-order valence-electron chi connectivity index (χ2n) is 5.10. The van der Waals surface area contributed by atoms with E-state index in [1.807, 2.05) is 16.7 Å². The predicted octanol–water partition coefficient (Wildman–Crippen LogP) is 1.22. The topological polar surface area (TPSA) is 66.8 Å². The van der Waals surface area contributed by atoms with Gasteiger partial charge < -0.3 is 14.7 Å². The van der Waals surface area contributed by atoms with Crippen LogP contribution in [0.4, 0.5) is 0 Å². The van der Waals surface area contributed by atoms with E-state index in [1.54, 1.807) is 0 Å².